The summed E-state index contributed by atoms with van der Waals surface area (Å²) in [5, 5.41) is 0. The largest absolute Gasteiger partial charge is 1.00 e. The lowest BCUT2D eigenvalue weighted by atomic mass is 9.98. The third kappa shape index (κ3) is 4.63. The molecule has 0 saturated carbocycles. The zero-order valence-corrected chi connectivity index (χ0v) is 11.5. The van der Waals surface area contributed by atoms with Crippen LogP contribution in [0, 0.1) is 5.92 Å². The van der Waals surface area contributed by atoms with Gasteiger partial charge in [-0.3, -0.25) is 0 Å². The molecule has 80 valence electrons. The Balaban J connectivity index is 0.00000144. The van der Waals surface area contributed by atoms with E-state index in [2.05, 4.69) is 20.9 Å². The van der Waals surface area contributed by atoms with Gasteiger partial charge < -0.3 is 28.5 Å². The summed E-state index contributed by atoms with van der Waals surface area (Å²) in [6.45, 7) is 8.94. The first kappa shape index (κ1) is 13.7. The Morgan fingerprint density at radius 2 is 2.08 bits per heavy atom. The van der Waals surface area contributed by atoms with Crippen molar-refractivity contribution in [2.24, 2.45) is 5.92 Å². The second-order valence-electron chi connectivity index (χ2n) is 4.85. The maximum Gasteiger partial charge on any atom is 0.0810 e. The number of halogens is 1. The molecule has 0 amide bonds. The van der Waals surface area contributed by atoms with Crippen molar-refractivity contribution in [3.63, 3.8) is 0 Å². The van der Waals surface area contributed by atoms with Gasteiger partial charge in [0, 0.05) is 5.92 Å². The molecule has 13 heavy (non-hydrogen) atoms. The molecule has 1 aliphatic heterocycles. The number of hydrogen-bond acceptors (Lipinski definition) is 0. The lowest BCUT2D eigenvalue weighted by Gasteiger charge is -2.40. The summed E-state index contributed by atoms with van der Waals surface area (Å²) in [7, 11) is 2.44. The van der Waals surface area contributed by atoms with E-state index in [4.69, 9.17) is 0 Å². The van der Waals surface area contributed by atoms with Crippen LogP contribution in [0.3, 0.4) is 0 Å². The number of nitrogens with zero attached hydrogens (tertiary/aromatic N) is 1. The van der Waals surface area contributed by atoms with Gasteiger partial charge in [0.05, 0.1) is 26.7 Å². The fourth-order valence-corrected chi connectivity index (χ4v) is 2.50. The molecule has 1 heterocycles. The van der Waals surface area contributed by atoms with Gasteiger partial charge in [0.15, 0.2) is 0 Å². The number of likely N-dealkylation sites (tertiary alicyclic amines) is 1. The third-order valence-electron chi connectivity index (χ3n) is 3.20. The van der Waals surface area contributed by atoms with E-state index in [1.54, 1.807) is 0 Å². The van der Waals surface area contributed by atoms with E-state index in [0.29, 0.717) is 0 Å². The van der Waals surface area contributed by atoms with Crippen molar-refractivity contribution in [1.29, 1.82) is 0 Å². The van der Waals surface area contributed by atoms with Crippen molar-refractivity contribution in [2.75, 3.05) is 26.7 Å². The van der Waals surface area contributed by atoms with E-state index in [0.717, 1.165) is 5.92 Å². The molecule has 1 rings (SSSR count). The van der Waals surface area contributed by atoms with Gasteiger partial charge in [-0.25, -0.2) is 0 Å². The fraction of sp³-hybridized carbons (Fsp3) is 1.00. The second kappa shape index (κ2) is 6.23. The topological polar surface area (TPSA) is 0 Å². The highest BCUT2D eigenvalue weighted by Gasteiger charge is 2.27. The van der Waals surface area contributed by atoms with Crippen molar-refractivity contribution in [2.45, 2.75) is 39.5 Å². The summed E-state index contributed by atoms with van der Waals surface area (Å²) in [5.74, 6) is 0.959. The summed E-state index contributed by atoms with van der Waals surface area (Å²) in [4.78, 5) is 0. The average molecular weight is 297 g/mol. The number of quaternary nitrogens is 1. The van der Waals surface area contributed by atoms with Gasteiger partial charge in [0.1, 0.15) is 0 Å². The van der Waals surface area contributed by atoms with E-state index in [1.807, 2.05) is 0 Å². The van der Waals surface area contributed by atoms with Crippen LogP contribution in [0.4, 0.5) is 0 Å². The summed E-state index contributed by atoms with van der Waals surface area (Å²) >= 11 is 0. The number of rotatable bonds is 3. The van der Waals surface area contributed by atoms with Crippen LogP contribution in [0.15, 0.2) is 0 Å². The summed E-state index contributed by atoms with van der Waals surface area (Å²) < 4.78 is 1.34. The van der Waals surface area contributed by atoms with Crippen LogP contribution in [0.2, 0.25) is 0 Å². The zero-order valence-electron chi connectivity index (χ0n) is 9.35. The van der Waals surface area contributed by atoms with E-state index in [1.165, 1.54) is 49.8 Å². The SMILES string of the molecule is CCCC[N+]1(C)CCCC(C)C1.[I-]. The molecule has 0 aromatic carbocycles. The van der Waals surface area contributed by atoms with Gasteiger partial charge in [-0.2, -0.15) is 0 Å². The molecule has 0 aromatic rings. The molecule has 1 saturated heterocycles. The highest BCUT2D eigenvalue weighted by Crippen LogP contribution is 2.21. The number of hydrogen-bond donors (Lipinski definition) is 0. The monoisotopic (exact) mass is 297 g/mol. The van der Waals surface area contributed by atoms with Gasteiger partial charge in [-0.1, -0.05) is 20.3 Å². The second-order valence-corrected chi connectivity index (χ2v) is 4.85. The molecule has 2 atom stereocenters. The molecule has 0 radical (unpaired) electrons. The number of piperidine rings is 1. The summed E-state index contributed by atoms with van der Waals surface area (Å²) in [6, 6.07) is 0. The Morgan fingerprint density at radius 3 is 2.62 bits per heavy atom. The molecule has 1 fully saturated rings. The van der Waals surface area contributed by atoms with Crippen LogP contribution >= 0.6 is 0 Å². The van der Waals surface area contributed by atoms with Crippen molar-refractivity contribution in [3.05, 3.63) is 0 Å². The normalized spacial score (nSPS) is 33.9. The van der Waals surface area contributed by atoms with Crippen molar-refractivity contribution in [3.8, 4) is 0 Å². The minimum atomic E-state index is 0. The van der Waals surface area contributed by atoms with Gasteiger partial charge in [0.2, 0.25) is 0 Å². The Hall–Kier alpha value is 0.690. The molecule has 2 heteroatoms. The zero-order chi connectivity index (χ0) is 9.03. The van der Waals surface area contributed by atoms with Crippen molar-refractivity contribution < 1.29 is 28.5 Å². The van der Waals surface area contributed by atoms with Crippen LogP contribution in [0.25, 0.3) is 0 Å². The van der Waals surface area contributed by atoms with Crippen LogP contribution in [0.1, 0.15) is 39.5 Å². The van der Waals surface area contributed by atoms with Gasteiger partial charge in [-0.05, 0) is 19.3 Å². The summed E-state index contributed by atoms with van der Waals surface area (Å²) in [6.07, 6.45) is 5.66. The molecule has 0 bridgehead atoms. The van der Waals surface area contributed by atoms with Crippen LogP contribution in [-0.2, 0) is 0 Å². The highest BCUT2D eigenvalue weighted by atomic mass is 127. The third-order valence-corrected chi connectivity index (χ3v) is 3.20. The lowest BCUT2D eigenvalue weighted by molar-refractivity contribution is -0.917. The van der Waals surface area contributed by atoms with Gasteiger partial charge >= 0.3 is 0 Å². The van der Waals surface area contributed by atoms with E-state index in [9.17, 15) is 0 Å². The quantitative estimate of drug-likeness (QED) is 0.494. The standard InChI is InChI=1S/C11H24N.HI/c1-4-5-8-12(3)9-6-7-11(2)10-12;/h11H,4-10H2,1-3H3;1H/q+1;/p-1. The highest BCUT2D eigenvalue weighted by molar-refractivity contribution is 4.59. The minimum absolute atomic E-state index is 0. The minimum Gasteiger partial charge on any atom is -1.00 e. The lowest BCUT2D eigenvalue weighted by Crippen LogP contribution is -3.00. The van der Waals surface area contributed by atoms with E-state index >= 15 is 0 Å². The first-order valence-electron chi connectivity index (χ1n) is 5.50. The van der Waals surface area contributed by atoms with Gasteiger partial charge in [0.25, 0.3) is 0 Å². The maximum atomic E-state index is 2.44. The predicted octanol–water partition coefficient (Wildman–Crippen LogP) is -0.333. The van der Waals surface area contributed by atoms with E-state index < -0.39 is 0 Å². The number of unbranched alkanes of at least 4 members (excludes halogenated alkanes) is 1. The maximum absolute atomic E-state index is 2.44. The molecular weight excluding hydrogens is 273 g/mol. The Kier molecular flexibility index (Phi) is 6.56. The first-order valence-corrected chi connectivity index (χ1v) is 5.50. The molecule has 0 spiro atoms. The van der Waals surface area contributed by atoms with Crippen LogP contribution in [0.5, 0.6) is 0 Å². The van der Waals surface area contributed by atoms with Crippen molar-refractivity contribution in [1.82, 2.24) is 0 Å². The molecule has 1 aliphatic rings. The first-order chi connectivity index (χ1) is 5.66. The molecule has 0 N–H and O–H groups in total. The fourth-order valence-electron chi connectivity index (χ4n) is 2.50. The molecule has 2 unspecified atom stereocenters. The van der Waals surface area contributed by atoms with Crippen LogP contribution in [-0.4, -0.2) is 31.2 Å². The molecule has 1 nitrogen and oxygen atoms in total. The van der Waals surface area contributed by atoms with Crippen LogP contribution < -0.4 is 24.0 Å². The van der Waals surface area contributed by atoms with Gasteiger partial charge in [-0.15, -0.1) is 0 Å². The Bertz CT molecular complexity index is 138. The average Bonchev–Trinajstić information content (AvgIpc) is 2.01. The van der Waals surface area contributed by atoms with E-state index in [-0.39, 0.29) is 24.0 Å². The Labute approximate surface area is 100 Å². The Morgan fingerprint density at radius 1 is 1.38 bits per heavy atom. The molecular formula is C11H24IN. The smallest absolute Gasteiger partial charge is 0.0810 e. The molecule has 0 aliphatic carbocycles. The predicted molar refractivity (Wildman–Crippen MR) is 54.1 cm³/mol. The molecule has 0 aromatic heterocycles. The summed E-state index contributed by atoms with van der Waals surface area (Å²) in [5.41, 5.74) is 0. The van der Waals surface area contributed by atoms with Crippen molar-refractivity contribution >= 4 is 0 Å².